The number of rotatable bonds is 1. The molecule has 0 spiro atoms. The number of fused-ring (bicyclic) bond motifs is 1. The standard InChI is InChI=1S/C12H18N2S/c1-2-6-14-8-11(13-12(14)5-1)10-4-3-7-15-9-10/h8,10H,1-7,9H2. The molecule has 0 radical (unpaired) electrons. The van der Waals surface area contributed by atoms with Gasteiger partial charge < -0.3 is 4.57 Å². The molecule has 82 valence electrons. The van der Waals surface area contributed by atoms with Gasteiger partial charge in [-0.05, 0) is 31.4 Å². The average Bonchev–Trinajstić information content (AvgIpc) is 2.74. The van der Waals surface area contributed by atoms with E-state index in [-0.39, 0.29) is 0 Å². The van der Waals surface area contributed by atoms with Gasteiger partial charge in [-0.15, -0.1) is 0 Å². The van der Waals surface area contributed by atoms with Crippen molar-refractivity contribution < 1.29 is 0 Å². The monoisotopic (exact) mass is 222 g/mol. The van der Waals surface area contributed by atoms with Crippen molar-refractivity contribution in [3.05, 3.63) is 17.7 Å². The predicted octanol–water partition coefficient (Wildman–Crippen LogP) is 2.83. The van der Waals surface area contributed by atoms with Crippen LogP contribution >= 0.6 is 11.8 Å². The van der Waals surface area contributed by atoms with Gasteiger partial charge in [0.05, 0.1) is 5.69 Å². The highest BCUT2D eigenvalue weighted by Crippen LogP contribution is 2.31. The Kier molecular flexibility index (Phi) is 2.74. The maximum absolute atomic E-state index is 4.82. The minimum absolute atomic E-state index is 0.738. The summed E-state index contributed by atoms with van der Waals surface area (Å²) < 4.78 is 2.39. The topological polar surface area (TPSA) is 17.8 Å². The van der Waals surface area contributed by atoms with Crippen molar-refractivity contribution in [3.8, 4) is 0 Å². The van der Waals surface area contributed by atoms with E-state index in [4.69, 9.17) is 4.98 Å². The fourth-order valence-corrected chi connectivity index (χ4v) is 3.76. The molecule has 1 aromatic rings. The number of nitrogens with zero attached hydrogens (tertiary/aromatic N) is 2. The third-order valence-corrected chi connectivity index (χ3v) is 4.72. The lowest BCUT2D eigenvalue weighted by Gasteiger charge is -2.18. The van der Waals surface area contributed by atoms with Crippen LogP contribution in [0.25, 0.3) is 0 Å². The molecule has 2 aliphatic heterocycles. The van der Waals surface area contributed by atoms with Crippen LogP contribution in [-0.4, -0.2) is 21.1 Å². The summed E-state index contributed by atoms with van der Waals surface area (Å²) in [4.78, 5) is 4.82. The lowest BCUT2D eigenvalue weighted by atomic mass is 10.0. The van der Waals surface area contributed by atoms with Gasteiger partial charge in [0, 0.05) is 30.8 Å². The van der Waals surface area contributed by atoms with Gasteiger partial charge >= 0.3 is 0 Å². The summed E-state index contributed by atoms with van der Waals surface area (Å²) in [6, 6.07) is 0. The van der Waals surface area contributed by atoms with E-state index in [1.54, 1.807) is 0 Å². The van der Waals surface area contributed by atoms with E-state index < -0.39 is 0 Å². The van der Waals surface area contributed by atoms with Crippen LogP contribution in [0.1, 0.15) is 43.1 Å². The van der Waals surface area contributed by atoms with Gasteiger partial charge in [0.1, 0.15) is 5.82 Å². The molecular formula is C12H18N2S. The van der Waals surface area contributed by atoms with Crippen LogP contribution in [0.4, 0.5) is 0 Å². The Morgan fingerprint density at radius 1 is 1.33 bits per heavy atom. The minimum Gasteiger partial charge on any atom is -0.335 e. The second-order valence-electron chi connectivity index (χ2n) is 4.65. The van der Waals surface area contributed by atoms with Crippen molar-refractivity contribution in [2.24, 2.45) is 0 Å². The third-order valence-electron chi connectivity index (χ3n) is 3.51. The fraction of sp³-hybridized carbons (Fsp3) is 0.750. The average molecular weight is 222 g/mol. The molecule has 0 aromatic carbocycles. The zero-order chi connectivity index (χ0) is 10.1. The van der Waals surface area contributed by atoms with Crippen LogP contribution < -0.4 is 0 Å². The molecule has 0 N–H and O–H groups in total. The maximum atomic E-state index is 4.82. The number of hydrogen-bond donors (Lipinski definition) is 0. The third kappa shape index (κ3) is 1.94. The van der Waals surface area contributed by atoms with Crippen molar-refractivity contribution >= 4 is 11.8 Å². The lowest BCUT2D eigenvalue weighted by molar-refractivity contribution is 0.522. The van der Waals surface area contributed by atoms with E-state index in [0.29, 0.717) is 0 Å². The van der Waals surface area contributed by atoms with E-state index in [1.165, 1.54) is 61.7 Å². The number of thioether (sulfide) groups is 1. The van der Waals surface area contributed by atoms with Crippen molar-refractivity contribution in [2.75, 3.05) is 11.5 Å². The molecule has 0 aliphatic carbocycles. The second kappa shape index (κ2) is 4.20. The van der Waals surface area contributed by atoms with Crippen LogP contribution in [-0.2, 0) is 13.0 Å². The number of hydrogen-bond acceptors (Lipinski definition) is 2. The first-order valence-corrected chi connectivity index (χ1v) is 7.22. The zero-order valence-electron chi connectivity index (χ0n) is 9.11. The molecular weight excluding hydrogens is 204 g/mol. The minimum atomic E-state index is 0.738. The molecule has 1 unspecified atom stereocenters. The van der Waals surface area contributed by atoms with E-state index in [9.17, 15) is 0 Å². The van der Waals surface area contributed by atoms with Gasteiger partial charge in [-0.3, -0.25) is 0 Å². The highest BCUT2D eigenvalue weighted by Gasteiger charge is 2.21. The Balaban J connectivity index is 1.82. The molecule has 0 amide bonds. The van der Waals surface area contributed by atoms with Gasteiger partial charge in [0.15, 0.2) is 0 Å². The Bertz CT molecular complexity index is 316. The Labute approximate surface area is 95.5 Å². The number of aromatic nitrogens is 2. The summed E-state index contributed by atoms with van der Waals surface area (Å²) in [5.41, 5.74) is 1.37. The first kappa shape index (κ1) is 9.76. The van der Waals surface area contributed by atoms with Gasteiger partial charge in [-0.2, -0.15) is 11.8 Å². The van der Waals surface area contributed by atoms with Gasteiger partial charge in [0.25, 0.3) is 0 Å². The molecule has 1 saturated heterocycles. The lowest BCUT2D eigenvalue weighted by Crippen LogP contribution is -2.09. The normalized spacial score (nSPS) is 26.3. The predicted molar refractivity (Wildman–Crippen MR) is 64.5 cm³/mol. The van der Waals surface area contributed by atoms with Crippen molar-refractivity contribution in [3.63, 3.8) is 0 Å². The molecule has 15 heavy (non-hydrogen) atoms. The molecule has 1 atom stereocenters. The van der Waals surface area contributed by atoms with Crippen LogP contribution in [0, 0.1) is 0 Å². The summed E-state index contributed by atoms with van der Waals surface area (Å²) in [6.45, 7) is 1.20. The van der Waals surface area contributed by atoms with Crippen LogP contribution in [0.2, 0.25) is 0 Å². The van der Waals surface area contributed by atoms with Crippen LogP contribution in [0.5, 0.6) is 0 Å². The number of aryl methyl sites for hydroxylation is 2. The SMILES string of the molecule is c1c(C2CCCSC2)nc2n1CCCC2. The first-order chi connectivity index (χ1) is 7.43. The smallest absolute Gasteiger partial charge is 0.108 e. The maximum Gasteiger partial charge on any atom is 0.108 e. The Morgan fingerprint density at radius 2 is 2.33 bits per heavy atom. The van der Waals surface area contributed by atoms with Gasteiger partial charge in [0.2, 0.25) is 0 Å². The van der Waals surface area contributed by atoms with Gasteiger partial charge in [-0.1, -0.05) is 0 Å². The Morgan fingerprint density at radius 3 is 3.13 bits per heavy atom. The summed E-state index contributed by atoms with van der Waals surface area (Å²) in [6.07, 6.45) is 8.91. The largest absolute Gasteiger partial charge is 0.335 e. The molecule has 2 nitrogen and oxygen atoms in total. The van der Waals surface area contributed by atoms with Crippen LogP contribution in [0.15, 0.2) is 6.20 Å². The van der Waals surface area contributed by atoms with Crippen LogP contribution in [0.3, 0.4) is 0 Å². The molecule has 3 heteroatoms. The summed E-state index contributed by atoms with van der Waals surface area (Å²) in [7, 11) is 0. The van der Waals surface area contributed by atoms with Crippen molar-refractivity contribution in [2.45, 2.75) is 44.6 Å². The molecule has 2 aliphatic rings. The van der Waals surface area contributed by atoms with E-state index >= 15 is 0 Å². The molecule has 3 rings (SSSR count). The molecule has 0 bridgehead atoms. The fourth-order valence-electron chi connectivity index (χ4n) is 2.61. The van der Waals surface area contributed by atoms with Crippen molar-refractivity contribution in [1.29, 1.82) is 0 Å². The molecule has 1 aromatic heterocycles. The molecule has 1 fully saturated rings. The highest BCUT2D eigenvalue weighted by molar-refractivity contribution is 7.99. The van der Waals surface area contributed by atoms with Gasteiger partial charge in [-0.25, -0.2) is 4.98 Å². The van der Waals surface area contributed by atoms with E-state index in [1.807, 2.05) is 0 Å². The number of imidazole rings is 1. The second-order valence-corrected chi connectivity index (χ2v) is 5.80. The van der Waals surface area contributed by atoms with E-state index in [0.717, 1.165) is 5.92 Å². The Hall–Kier alpha value is -0.440. The summed E-state index contributed by atoms with van der Waals surface area (Å²) >= 11 is 2.09. The first-order valence-electron chi connectivity index (χ1n) is 6.07. The highest BCUT2D eigenvalue weighted by atomic mass is 32.2. The summed E-state index contributed by atoms with van der Waals surface area (Å²) in [5, 5.41) is 0. The molecule has 3 heterocycles. The van der Waals surface area contributed by atoms with E-state index in [2.05, 4.69) is 22.5 Å². The quantitative estimate of drug-likeness (QED) is 0.727. The molecule has 0 saturated carbocycles. The van der Waals surface area contributed by atoms with Crippen molar-refractivity contribution in [1.82, 2.24) is 9.55 Å². The summed E-state index contributed by atoms with van der Waals surface area (Å²) in [5.74, 6) is 4.72. The zero-order valence-corrected chi connectivity index (χ0v) is 9.93.